The van der Waals surface area contributed by atoms with Gasteiger partial charge in [0.15, 0.2) is 9.84 Å². The van der Waals surface area contributed by atoms with Gasteiger partial charge in [-0.2, -0.15) is 26.3 Å². The van der Waals surface area contributed by atoms with E-state index in [1.54, 1.807) is 7.11 Å². The third kappa shape index (κ3) is 5.49. The number of alkyl halides is 7. The van der Waals surface area contributed by atoms with E-state index in [0.717, 1.165) is 42.7 Å². The minimum Gasteiger partial charge on any atom is -0.377 e. The Hall–Kier alpha value is -3.00. The number of ether oxygens (including phenoxy) is 1. The molecule has 0 aromatic heterocycles. The van der Waals surface area contributed by atoms with Gasteiger partial charge in [-0.25, -0.2) is 17.2 Å². The molecule has 5 nitrogen and oxygen atoms in total. The summed E-state index contributed by atoms with van der Waals surface area (Å²) >= 11 is 0. The largest absolute Gasteiger partial charge is 0.435 e. The van der Waals surface area contributed by atoms with Gasteiger partial charge in [-0.05, 0) is 97.6 Å². The molecule has 14 heteroatoms. The number of allylic oxidation sites excluding steroid dienone is 1. The smallest absolute Gasteiger partial charge is 0.377 e. The number of nitrogens with zero attached hydrogens (tertiary/aromatic N) is 1. The predicted octanol–water partition coefficient (Wildman–Crippen LogP) is 8.37. The van der Waals surface area contributed by atoms with Crippen molar-refractivity contribution in [1.29, 1.82) is 0 Å². The number of carbonyl (C=O) groups is 1. The van der Waals surface area contributed by atoms with E-state index >= 15 is 4.39 Å². The van der Waals surface area contributed by atoms with Crippen molar-refractivity contribution in [3.05, 3.63) is 76.6 Å². The van der Waals surface area contributed by atoms with Gasteiger partial charge >= 0.3 is 18.0 Å². The maximum Gasteiger partial charge on any atom is 0.435 e. The zero-order valence-corrected chi connectivity index (χ0v) is 28.6. The summed E-state index contributed by atoms with van der Waals surface area (Å²) in [5.74, 6) is -0.934. The van der Waals surface area contributed by atoms with Crippen LogP contribution in [0.4, 0.5) is 35.1 Å². The van der Waals surface area contributed by atoms with E-state index in [4.69, 9.17) is 4.74 Å². The maximum absolute atomic E-state index is 15.1. The van der Waals surface area contributed by atoms with Crippen LogP contribution in [0, 0.1) is 29.5 Å². The molecular formula is C36H39F8NO4S. The summed E-state index contributed by atoms with van der Waals surface area (Å²) in [4.78, 5) is 15.4. The first-order valence-electron chi connectivity index (χ1n) is 16.8. The number of aryl methyl sites for hydroxylation is 1. The Morgan fingerprint density at radius 3 is 2.22 bits per heavy atom. The lowest BCUT2D eigenvalue weighted by molar-refractivity contribution is -0.348. The van der Waals surface area contributed by atoms with Crippen molar-refractivity contribution < 1.29 is 53.1 Å². The van der Waals surface area contributed by atoms with Crippen molar-refractivity contribution in [2.24, 2.45) is 23.7 Å². The van der Waals surface area contributed by atoms with Crippen LogP contribution in [-0.2, 0) is 36.2 Å². The van der Waals surface area contributed by atoms with Gasteiger partial charge in [-0.1, -0.05) is 44.2 Å². The van der Waals surface area contributed by atoms with Crippen LogP contribution >= 0.6 is 0 Å². The first kappa shape index (κ1) is 36.8. The van der Waals surface area contributed by atoms with Crippen molar-refractivity contribution in [1.82, 2.24) is 4.90 Å². The van der Waals surface area contributed by atoms with Crippen molar-refractivity contribution >= 4 is 15.7 Å². The monoisotopic (exact) mass is 733 g/mol. The number of sulfone groups is 1. The van der Waals surface area contributed by atoms with E-state index < -0.39 is 60.8 Å². The van der Waals surface area contributed by atoms with Crippen molar-refractivity contribution in [2.75, 3.05) is 13.7 Å². The number of amides is 1. The minimum absolute atomic E-state index is 0.0643. The molecule has 0 N–H and O–H groups in total. The average Bonchev–Trinajstić information content (AvgIpc) is 3.46. The van der Waals surface area contributed by atoms with Gasteiger partial charge in [0.05, 0.1) is 17.0 Å². The average molecular weight is 734 g/mol. The molecule has 0 radical (unpaired) electrons. The fourth-order valence-corrected chi connectivity index (χ4v) is 11.4. The molecule has 274 valence electrons. The van der Waals surface area contributed by atoms with Crippen LogP contribution in [0.5, 0.6) is 0 Å². The van der Waals surface area contributed by atoms with Crippen molar-refractivity contribution in [3.8, 4) is 0 Å². The van der Waals surface area contributed by atoms with Gasteiger partial charge in [0.1, 0.15) is 10.6 Å². The number of hydrogen-bond donors (Lipinski definition) is 0. The number of carbonyl (C=O) groups excluding carboxylic acids is 1. The summed E-state index contributed by atoms with van der Waals surface area (Å²) in [5.41, 5.74) is -6.64. The first-order chi connectivity index (χ1) is 23.3. The lowest BCUT2D eigenvalue weighted by Gasteiger charge is -2.45. The van der Waals surface area contributed by atoms with E-state index in [-0.39, 0.29) is 54.9 Å². The van der Waals surface area contributed by atoms with Crippen LogP contribution in [0.3, 0.4) is 0 Å². The van der Waals surface area contributed by atoms with Crippen molar-refractivity contribution in [3.63, 3.8) is 0 Å². The van der Waals surface area contributed by atoms with Crippen LogP contribution in [0.15, 0.2) is 59.0 Å². The van der Waals surface area contributed by atoms with Gasteiger partial charge in [0, 0.05) is 25.1 Å². The molecule has 1 amide bonds. The summed E-state index contributed by atoms with van der Waals surface area (Å²) in [6, 6.07) is 4.64. The van der Waals surface area contributed by atoms with E-state index in [1.165, 1.54) is 11.0 Å². The van der Waals surface area contributed by atoms with Crippen molar-refractivity contribution in [2.45, 2.75) is 98.6 Å². The molecule has 1 aliphatic heterocycles. The predicted molar refractivity (Wildman–Crippen MR) is 168 cm³/mol. The Morgan fingerprint density at radius 2 is 1.66 bits per heavy atom. The summed E-state index contributed by atoms with van der Waals surface area (Å²) in [6.45, 7) is 4.06. The number of hydrogen-bond acceptors (Lipinski definition) is 4. The second-order valence-corrected chi connectivity index (χ2v) is 16.6. The highest BCUT2D eigenvalue weighted by Crippen LogP contribution is 2.57. The SMILES string of the molecule is COC(C1=CC[C@H](C(=O)N2CCC3(S(=O)(=O)c4cccc(F)c4)c4ccc(C(F)(C(F)(F)F)C(F)(F)F)cc4CCC23)[C@H](C)C1)C1CCC1C. The third-order valence-electron chi connectivity index (χ3n) is 11.8. The zero-order valence-electron chi connectivity index (χ0n) is 27.8. The standard InChI is InChI=1S/C36H39F8NO4S/c1-20-7-11-27(20)31(49-3)23-8-12-28(21(2)17-23)32(46)45-16-15-33(50(47,48)26-6-4-5-25(37)19-26)29-13-10-24(18-22(29)9-14-30(33)45)34(38,35(39,40)41)36(42,43)44/h4-6,8,10,13,18-21,27-28,30-31H,7,9,11-12,14-17H2,1-3H3/t20?,21-,27?,28+,30?,31?,33?/m1/s1. The molecule has 50 heavy (non-hydrogen) atoms. The fraction of sp³-hybridized carbons (Fsp3) is 0.583. The van der Waals surface area contributed by atoms with Gasteiger partial charge in [0.2, 0.25) is 5.91 Å². The van der Waals surface area contributed by atoms with E-state index in [2.05, 4.69) is 6.92 Å². The van der Waals surface area contributed by atoms with Gasteiger partial charge < -0.3 is 9.64 Å². The molecule has 0 spiro atoms. The molecule has 0 bridgehead atoms. The molecule has 1 heterocycles. The van der Waals surface area contributed by atoms with Crippen LogP contribution in [0.2, 0.25) is 0 Å². The molecule has 2 aromatic carbocycles. The summed E-state index contributed by atoms with van der Waals surface area (Å²) in [7, 11) is -2.98. The number of benzene rings is 2. The first-order valence-corrected chi connectivity index (χ1v) is 18.3. The Balaban J connectivity index is 1.40. The fourth-order valence-electron chi connectivity index (χ4n) is 8.98. The lowest BCUT2D eigenvalue weighted by atomic mass is 9.67. The molecule has 4 aliphatic rings. The highest BCUT2D eigenvalue weighted by molar-refractivity contribution is 7.92. The number of halogens is 8. The van der Waals surface area contributed by atoms with E-state index in [0.29, 0.717) is 36.8 Å². The number of fused-ring (bicyclic) bond motifs is 3. The van der Waals surface area contributed by atoms with Crippen LogP contribution in [-0.4, -0.2) is 57.4 Å². The van der Waals surface area contributed by atoms with E-state index in [1.807, 2.05) is 13.0 Å². The molecule has 1 saturated carbocycles. The van der Waals surface area contributed by atoms with Crippen LogP contribution in [0.1, 0.15) is 69.1 Å². The van der Waals surface area contributed by atoms with Gasteiger partial charge in [-0.15, -0.1) is 0 Å². The molecular weight excluding hydrogens is 694 g/mol. The third-order valence-corrected chi connectivity index (χ3v) is 14.4. The molecule has 2 fully saturated rings. The highest BCUT2D eigenvalue weighted by Gasteiger charge is 2.74. The van der Waals surface area contributed by atoms with Gasteiger partial charge in [0.25, 0.3) is 0 Å². The van der Waals surface area contributed by atoms with E-state index in [9.17, 15) is 43.9 Å². The Bertz CT molecular complexity index is 1780. The van der Waals surface area contributed by atoms with Crippen LogP contribution in [0.25, 0.3) is 0 Å². The summed E-state index contributed by atoms with van der Waals surface area (Å²) in [5, 5.41) is 0. The normalized spacial score (nSPS) is 29.5. The zero-order chi connectivity index (χ0) is 36.6. The minimum atomic E-state index is -6.36. The quantitative estimate of drug-likeness (QED) is 0.212. The summed E-state index contributed by atoms with van der Waals surface area (Å²) < 4.78 is 145. The molecule has 3 aliphatic carbocycles. The van der Waals surface area contributed by atoms with Gasteiger partial charge in [-0.3, -0.25) is 4.79 Å². The summed E-state index contributed by atoms with van der Waals surface area (Å²) in [6.07, 6.45) is -8.21. The molecule has 6 rings (SSSR count). The number of likely N-dealkylation sites (tertiary alicyclic amines) is 1. The maximum atomic E-state index is 15.1. The second kappa shape index (κ2) is 12.6. The second-order valence-electron chi connectivity index (χ2n) is 14.4. The number of rotatable bonds is 7. The van der Waals surface area contributed by atoms with Crippen LogP contribution < -0.4 is 0 Å². The Morgan fingerprint density at radius 1 is 0.960 bits per heavy atom. The lowest BCUT2D eigenvalue weighted by Crippen LogP contribution is -2.54. The molecule has 2 aromatic rings. The Kier molecular flexibility index (Phi) is 9.26. The molecule has 1 saturated heterocycles. The Labute approximate surface area is 286 Å². The highest BCUT2D eigenvalue weighted by atomic mass is 32.2. The topological polar surface area (TPSA) is 63.7 Å². The molecule has 5 unspecified atom stereocenters. The molecule has 7 atom stereocenters. The number of methoxy groups -OCH3 is 1.